The first kappa shape index (κ1) is 23.6. The Morgan fingerprint density at radius 2 is 1.58 bits per heavy atom. The molecule has 0 spiro atoms. The molecule has 4 aromatic carbocycles. The molecule has 2 aliphatic heterocycles. The molecule has 2 aliphatic rings. The average Bonchev–Trinajstić information content (AvgIpc) is 3.40. The number of carboxylic acids is 1. The van der Waals surface area contributed by atoms with Gasteiger partial charge in [0.2, 0.25) is 6.79 Å². The molecule has 0 amide bonds. The largest absolute Gasteiger partial charge is 0.487 e. The fourth-order valence-electron chi connectivity index (χ4n) is 4.62. The number of hydrogen-bond donors (Lipinski definition) is 1. The number of carbonyl (C=O) groups is 1. The van der Waals surface area contributed by atoms with E-state index in [0.29, 0.717) is 17.1 Å². The fraction of sp³-hybridized carbons (Fsp3) is 0.0690. The second-order valence-electron chi connectivity index (χ2n) is 8.60. The second-order valence-corrected chi connectivity index (χ2v) is 10.4. The smallest absolute Gasteiger partial charge is 0.354 e. The number of aliphatic carboxylic acids is 1. The lowest BCUT2D eigenvalue weighted by molar-refractivity contribution is -0.132. The fourth-order valence-corrected chi connectivity index (χ4v) is 6.33. The first-order chi connectivity index (χ1) is 18.4. The molecule has 9 heteroatoms. The predicted octanol–water partition coefficient (Wildman–Crippen LogP) is 5.05. The predicted molar refractivity (Wildman–Crippen MR) is 140 cm³/mol. The van der Waals surface area contributed by atoms with Crippen LogP contribution in [0.4, 0.5) is 5.69 Å². The van der Waals surface area contributed by atoms with Crippen LogP contribution in [0.2, 0.25) is 0 Å². The van der Waals surface area contributed by atoms with E-state index in [1.54, 1.807) is 54.6 Å². The lowest BCUT2D eigenvalue weighted by Gasteiger charge is -2.33. The van der Waals surface area contributed by atoms with Crippen molar-refractivity contribution in [3.63, 3.8) is 0 Å². The normalized spacial score (nSPS) is 15.2. The Kier molecular flexibility index (Phi) is 5.77. The maximum atomic E-state index is 14.0. The zero-order chi connectivity index (χ0) is 26.3. The summed E-state index contributed by atoms with van der Waals surface area (Å²) in [6.07, 6.45) is 0. The van der Waals surface area contributed by atoms with Gasteiger partial charge in [0, 0.05) is 11.1 Å². The Morgan fingerprint density at radius 3 is 2.39 bits per heavy atom. The lowest BCUT2D eigenvalue weighted by atomic mass is 9.94. The molecule has 6 rings (SSSR count). The van der Waals surface area contributed by atoms with Crippen LogP contribution in [-0.2, 0) is 21.4 Å². The molecule has 0 bridgehead atoms. The number of anilines is 1. The maximum Gasteiger partial charge on any atom is 0.354 e. The summed E-state index contributed by atoms with van der Waals surface area (Å²) in [5, 5.41) is 10.5. The van der Waals surface area contributed by atoms with Crippen molar-refractivity contribution in [1.82, 2.24) is 0 Å². The van der Waals surface area contributed by atoms with E-state index in [0.717, 1.165) is 9.87 Å². The zero-order valence-electron chi connectivity index (χ0n) is 19.9. The van der Waals surface area contributed by atoms with E-state index in [1.165, 1.54) is 12.1 Å². The van der Waals surface area contributed by atoms with Crippen LogP contribution in [0.15, 0.2) is 108 Å². The van der Waals surface area contributed by atoms with Gasteiger partial charge in [0.25, 0.3) is 10.0 Å². The van der Waals surface area contributed by atoms with E-state index < -0.39 is 21.7 Å². The molecule has 4 aromatic rings. The number of nitrogens with zero attached hydrogens (tertiary/aromatic N) is 1. The quantitative estimate of drug-likeness (QED) is 0.375. The summed E-state index contributed by atoms with van der Waals surface area (Å²) in [6.45, 7) is 0.219. The standard InChI is InChI=1S/C29H21NO7S/c31-29(32)28-27(20-14-15-24-25(16-20)37-18-36-24)21-10-4-7-13-26(21)38(33,34)30(28)22-11-5-6-12-23(22)35-17-19-8-2-1-3-9-19/h1-16H,17-18H2,(H,31,32). The molecule has 2 heterocycles. The van der Waals surface area contributed by atoms with Crippen molar-refractivity contribution in [2.45, 2.75) is 11.5 Å². The Bertz CT molecular complexity index is 1700. The van der Waals surface area contributed by atoms with Gasteiger partial charge in [-0.15, -0.1) is 0 Å². The van der Waals surface area contributed by atoms with Crippen LogP contribution in [-0.4, -0.2) is 26.3 Å². The van der Waals surface area contributed by atoms with Gasteiger partial charge in [0.05, 0.1) is 10.6 Å². The van der Waals surface area contributed by atoms with Crippen molar-refractivity contribution in [3.8, 4) is 17.2 Å². The van der Waals surface area contributed by atoms with Crippen LogP contribution in [0.3, 0.4) is 0 Å². The van der Waals surface area contributed by atoms with Gasteiger partial charge in [0.1, 0.15) is 12.4 Å². The summed E-state index contributed by atoms with van der Waals surface area (Å²) in [6, 6.07) is 27.3. The molecule has 0 atom stereocenters. The van der Waals surface area contributed by atoms with Crippen LogP contribution in [0.5, 0.6) is 17.2 Å². The van der Waals surface area contributed by atoms with Crippen molar-refractivity contribution < 1.29 is 32.5 Å². The molecule has 190 valence electrons. The van der Waals surface area contributed by atoms with Crippen LogP contribution < -0.4 is 18.5 Å². The summed E-state index contributed by atoms with van der Waals surface area (Å²) in [4.78, 5) is 12.9. The zero-order valence-corrected chi connectivity index (χ0v) is 20.7. The first-order valence-corrected chi connectivity index (χ1v) is 13.2. The third-order valence-electron chi connectivity index (χ3n) is 6.30. The molecule has 38 heavy (non-hydrogen) atoms. The van der Waals surface area contributed by atoms with Gasteiger partial charge in [-0.05, 0) is 41.5 Å². The number of ether oxygens (including phenoxy) is 3. The van der Waals surface area contributed by atoms with Crippen molar-refractivity contribution in [3.05, 3.63) is 119 Å². The number of carboxylic acid groups (broad SMARTS) is 1. The number of para-hydroxylation sites is 2. The molecular weight excluding hydrogens is 506 g/mol. The van der Waals surface area contributed by atoms with Crippen LogP contribution in [0, 0.1) is 0 Å². The molecule has 0 radical (unpaired) electrons. The molecule has 0 saturated heterocycles. The van der Waals surface area contributed by atoms with Crippen molar-refractivity contribution in [1.29, 1.82) is 0 Å². The van der Waals surface area contributed by atoms with Gasteiger partial charge in [-0.25, -0.2) is 17.5 Å². The molecule has 8 nitrogen and oxygen atoms in total. The molecule has 0 unspecified atom stereocenters. The molecule has 0 aliphatic carbocycles. The number of sulfonamides is 1. The van der Waals surface area contributed by atoms with E-state index in [2.05, 4.69) is 0 Å². The highest BCUT2D eigenvalue weighted by Gasteiger charge is 2.42. The van der Waals surface area contributed by atoms with Gasteiger partial charge in [-0.3, -0.25) is 0 Å². The minimum atomic E-state index is -4.33. The van der Waals surface area contributed by atoms with Gasteiger partial charge in [0.15, 0.2) is 17.2 Å². The monoisotopic (exact) mass is 527 g/mol. The summed E-state index contributed by atoms with van der Waals surface area (Å²) in [7, 11) is -4.33. The third-order valence-corrected chi connectivity index (χ3v) is 8.07. The highest BCUT2D eigenvalue weighted by Crippen LogP contribution is 2.46. The summed E-state index contributed by atoms with van der Waals surface area (Å²) in [5.41, 5.74) is 1.54. The topological polar surface area (TPSA) is 102 Å². The minimum absolute atomic E-state index is 0.0180. The highest BCUT2D eigenvalue weighted by molar-refractivity contribution is 7.93. The molecule has 0 saturated carbocycles. The summed E-state index contributed by atoms with van der Waals surface area (Å²) >= 11 is 0. The number of hydrogen-bond acceptors (Lipinski definition) is 6. The SMILES string of the molecule is O=C(O)C1=C(c2ccc3c(c2)OCO3)c2ccccc2S(=O)(=O)N1c1ccccc1OCc1ccccc1. The van der Waals surface area contributed by atoms with E-state index in [4.69, 9.17) is 14.2 Å². The molecule has 0 fully saturated rings. The van der Waals surface area contributed by atoms with Gasteiger partial charge in [-0.1, -0.05) is 66.7 Å². The van der Waals surface area contributed by atoms with E-state index in [9.17, 15) is 18.3 Å². The van der Waals surface area contributed by atoms with E-state index in [-0.39, 0.29) is 40.9 Å². The van der Waals surface area contributed by atoms with Crippen molar-refractivity contribution in [2.24, 2.45) is 0 Å². The second kappa shape index (κ2) is 9.28. The van der Waals surface area contributed by atoms with Crippen LogP contribution >= 0.6 is 0 Å². The summed E-state index contributed by atoms with van der Waals surface area (Å²) < 4.78 is 45.9. The Balaban J connectivity index is 1.57. The molecule has 1 N–H and O–H groups in total. The Hall–Kier alpha value is -4.76. The van der Waals surface area contributed by atoms with E-state index >= 15 is 0 Å². The van der Waals surface area contributed by atoms with Crippen LogP contribution in [0.1, 0.15) is 16.7 Å². The first-order valence-electron chi connectivity index (χ1n) is 11.7. The summed E-state index contributed by atoms with van der Waals surface area (Å²) in [5.74, 6) is -0.208. The van der Waals surface area contributed by atoms with Gasteiger partial charge in [-0.2, -0.15) is 0 Å². The number of fused-ring (bicyclic) bond motifs is 2. The lowest BCUT2D eigenvalue weighted by Crippen LogP contribution is -2.38. The van der Waals surface area contributed by atoms with Crippen molar-refractivity contribution >= 4 is 27.3 Å². The molecular formula is C29H21NO7S. The third kappa shape index (κ3) is 3.93. The number of rotatable bonds is 6. The maximum absolute atomic E-state index is 14.0. The number of benzene rings is 4. The van der Waals surface area contributed by atoms with Gasteiger partial charge >= 0.3 is 5.97 Å². The van der Waals surface area contributed by atoms with Crippen LogP contribution in [0.25, 0.3) is 5.57 Å². The minimum Gasteiger partial charge on any atom is -0.487 e. The molecule has 0 aromatic heterocycles. The van der Waals surface area contributed by atoms with E-state index in [1.807, 2.05) is 30.3 Å². The average molecular weight is 528 g/mol. The Labute approximate surface area is 219 Å². The van der Waals surface area contributed by atoms with Gasteiger partial charge < -0.3 is 19.3 Å². The Morgan fingerprint density at radius 1 is 0.868 bits per heavy atom. The highest BCUT2D eigenvalue weighted by atomic mass is 32.2. The van der Waals surface area contributed by atoms with Crippen molar-refractivity contribution in [2.75, 3.05) is 11.1 Å².